The van der Waals surface area contributed by atoms with E-state index in [1.807, 2.05) is 29.2 Å². The second kappa shape index (κ2) is 7.28. The molecule has 0 bridgehead atoms. The SMILES string of the molecule is O=C(COc1ccc2c(c1)CCC2)N1CCN(c2ccccc2O)CC1. The summed E-state index contributed by atoms with van der Waals surface area (Å²) in [4.78, 5) is 16.4. The molecule has 1 aliphatic heterocycles. The second-order valence-electron chi connectivity index (χ2n) is 6.93. The Kier molecular flexibility index (Phi) is 4.69. The molecule has 4 rings (SSSR count). The lowest BCUT2D eigenvalue weighted by Gasteiger charge is -2.36. The summed E-state index contributed by atoms with van der Waals surface area (Å²) in [7, 11) is 0. The fraction of sp³-hybridized carbons (Fsp3) is 0.381. The third-order valence-electron chi connectivity index (χ3n) is 5.29. The number of carbonyl (C=O) groups excluding carboxylic acids is 1. The van der Waals surface area contributed by atoms with Crippen LogP contribution in [0.1, 0.15) is 17.5 Å². The Labute approximate surface area is 153 Å². The Bertz CT molecular complexity index is 798. The smallest absolute Gasteiger partial charge is 0.260 e. The molecule has 2 aromatic rings. The van der Waals surface area contributed by atoms with E-state index in [-0.39, 0.29) is 18.3 Å². The van der Waals surface area contributed by atoms with E-state index in [1.54, 1.807) is 6.07 Å². The van der Waals surface area contributed by atoms with E-state index in [0.29, 0.717) is 26.2 Å². The van der Waals surface area contributed by atoms with Crippen molar-refractivity contribution >= 4 is 11.6 Å². The molecule has 26 heavy (non-hydrogen) atoms. The number of anilines is 1. The molecular weight excluding hydrogens is 328 g/mol. The molecule has 0 unspecified atom stereocenters. The molecule has 1 amide bonds. The minimum absolute atomic E-state index is 0.0161. The maximum absolute atomic E-state index is 12.4. The van der Waals surface area contributed by atoms with Crippen molar-refractivity contribution in [3.05, 3.63) is 53.6 Å². The first-order valence-corrected chi connectivity index (χ1v) is 9.26. The number of hydrogen-bond acceptors (Lipinski definition) is 4. The van der Waals surface area contributed by atoms with Gasteiger partial charge in [0.2, 0.25) is 0 Å². The molecule has 0 aromatic heterocycles. The van der Waals surface area contributed by atoms with Gasteiger partial charge in [-0.2, -0.15) is 0 Å². The molecule has 2 aliphatic rings. The van der Waals surface area contributed by atoms with E-state index in [0.717, 1.165) is 24.3 Å². The lowest BCUT2D eigenvalue weighted by molar-refractivity contribution is -0.133. The van der Waals surface area contributed by atoms with Gasteiger partial charge in [0.15, 0.2) is 6.61 Å². The molecule has 1 heterocycles. The molecule has 136 valence electrons. The van der Waals surface area contributed by atoms with Crippen molar-refractivity contribution in [2.45, 2.75) is 19.3 Å². The van der Waals surface area contributed by atoms with E-state index in [9.17, 15) is 9.90 Å². The normalized spacial score (nSPS) is 16.5. The summed E-state index contributed by atoms with van der Waals surface area (Å²) >= 11 is 0. The number of aryl methyl sites for hydroxylation is 2. The number of amides is 1. The van der Waals surface area contributed by atoms with E-state index >= 15 is 0 Å². The van der Waals surface area contributed by atoms with Crippen LogP contribution < -0.4 is 9.64 Å². The Hall–Kier alpha value is -2.69. The van der Waals surface area contributed by atoms with Crippen LogP contribution in [-0.2, 0) is 17.6 Å². The number of phenols is 1. The average Bonchev–Trinajstić information content (AvgIpc) is 3.14. The van der Waals surface area contributed by atoms with Crippen molar-refractivity contribution in [2.24, 2.45) is 0 Å². The average molecular weight is 352 g/mol. The number of benzene rings is 2. The maximum atomic E-state index is 12.4. The fourth-order valence-corrected chi connectivity index (χ4v) is 3.80. The number of hydrogen-bond donors (Lipinski definition) is 1. The van der Waals surface area contributed by atoms with Crippen LogP contribution >= 0.6 is 0 Å². The molecule has 5 nitrogen and oxygen atoms in total. The van der Waals surface area contributed by atoms with Gasteiger partial charge in [0.05, 0.1) is 5.69 Å². The number of fused-ring (bicyclic) bond motifs is 1. The summed E-state index contributed by atoms with van der Waals surface area (Å²) in [5, 5.41) is 9.97. The van der Waals surface area contributed by atoms with Gasteiger partial charge in [0.1, 0.15) is 11.5 Å². The quantitative estimate of drug-likeness (QED) is 0.919. The van der Waals surface area contributed by atoms with Gasteiger partial charge in [-0.05, 0) is 54.7 Å². The Morgan fingerprint density at radius 2 is 1.77 bits per heavy atom. The molecule has 0 spiro atoms. The van der Waals surface area contributed by atoms with Crippen LogP contribution in [0.3, 0.4) is 0 Å². The van der Waals surface area contributed by atoms with Crippen LogP contribution in [0.15, 0.2) is 42.5 Å². The van der Waals surface area contributed by atoms with Crippen LogP contribution in [0.25, 0.3) is 0 Å². The van der Waals surface area contributed by atoms with Crippen LogP contribution in [-0.4, -0.2) is 48.7 Å². The largest absolute Gasteiger partial charge is 0.506 e. The molecule has 1 N–H and O–H groups in total. The Balaban J connectivity index is 1.29. The van der Waals surface area contributed by atoms with Gasteiger partial charge < -0.3 is 19.6 Å². The molecule has 1 aliphatic carbocycles. The number of ether oxygens (including phenoxy) is 1. The molecule has 0 radical (unpaired) electrons. The molecule has 1 saturated heterocycles. The Morgan fingerprint density at radius 1 is 1.00 bits per heavy atom. The van der Waals surface area contributed by atoms with Gasteiger partial charge in [-0.1, -0.05) is 18.2 Å². The van der Waals surface area contributed by atoms with Crippen molar-refractivity contribution in [1.82, 2.24) is 4.90 Å². The predicted octanol–water partition coefficient (Wildman–Crippen LogP) is 2.61. The number of carbonyl (C=O) groups is 1. The summed E-state index contributed by atoms with van der Waals surface area (Å²) in [5.74, 6) is 1.08. The minimum atomic E-state index is 0.0161. The van der Waals surface area contributed by atoms with Crippen molar-refractivity contribution in [3.8, 4) is 11.5 Å². The number of aromatic hydroxyl groups is 1. The highest BCUT2D eigenvalue weighted by Gasteiger charge is 2.23. The molecule has 2 aromatic carbocycles. The fourth-order valence-electron chi connectivity index (χ4n) is 3.80. The topological polar surface area (TPSA) is 53.0 Å². The summed E-state index contributed by atoms with van der Waals surface area (Å²) in [6.45, 7) is 2.78. The van der Waals surface area contributed by atoms with Crippen molar-refractivity contribution < 1.29 is 14.6 Å². The van der Waals surface area contributed by atoms with E-state index < -0.39 is 0 Å². The van der Waals surface area contributed by atoms with Crippen LogP contribution in [0.4, 0.5) is 5.69 Å². The first-order valence-electron chi connectivity index (χ1n) is 9.26. The van der Waals surface area contributed by atoms with Gasteiger partial charge in [0.25, 0.3) is 5.91 Å². The summed E-state index contributed by atoms with van der Waals surface area (Å²) < 4.78 is 5.73. The zero-order valence-electron chi connectivity index (χ0n) is 14.9. The Morgan fingerprint density at radius 3 is 2.58 bits per heavy atom. The minimum Gasteiger partial charge on any atom is -0.506 e. The number of phenolic OH excluding ortho intramolecular Hbond substituents is 1. The number of rotatable bonds is 4. The maximum Gasteiger partial charge on any atom is 0.260 e. The van der Waals surface area contributed by atoms with Crippen molar-refractivity contribution in [1.29, 1.82) is 0 Å². The highest BCUT2D eigenvalue weighted by molar-refractivity contribution is 5.78. The zero-order chi connectivity index (χ0) is 17.9. The third-order valence-corrected chi connectivity index (χ3v) is 5.29. The molecule has 5 heteroatoms. The lowest BCUT2D eigenvalue weighted by atomic mass is 10.1. The van der Waals surface area contributed by atoms with Crippen LogP contribution in [0, 0.1) is 0 Å². The van der Waals surface area contributed by atoms with Crippen molar-refractivity contribution in [3.63, 3.8) is 0 Å². The van der Waals surface area contributed by atoms with Crippen LogP contribution in [0.2, 0.25) is 0 Å². The lowest BCUT2D eigenvalue weighted by Crippen LogP contribution is -2.50. The van der Waals surface area contributed by atoms with Crippen LogP contribution in [0.5, 0.6) is 11.5 Å². The van der Waals surface area contributed by atoms with Gasteiger partial charge in [-0.15, -0.1) is 0 Å². The monoisotopic (exact) mass is 352 g/mol. The number of para-hydroxylation sites is 2. The summed E-state index contributed by atoms with van der Waals surface area (Å²) in [6, 6.07) is 13.5. The van der Waals surface area contributed by atoms with Gasteiger partial charge >= 0.3 is 0 Å². The van der Waals surface area contributed by atoms with Gasteiger partial charge in [0, 0.05) is 26.2 Å². The van der Waals surface area contributed by atoms with E-state index in [4.69, 9.17) is 4.74 Å². The second-order valence-corrected chi connectivity index (χ2v) is 6.93. The highest BCUT2D eigenvalue weighted by atomic mass is 16.5. The van der Waals surface area contributed by atoms with E-state index in [1.165, 1.54) is 17.5 Å². The third kappa shape index (κ3) is 3.47. The number of piperazine rings is 1. The molecule has 0 atom stereocenters. The van der Waals surface area contributed by atoms with E-state index in [2.05, 4.69) is 17.0 Å². The zero-order valence-corrected chi connectivity index (χ0v) is 14.9. The molecule has 0 saturated carbocycles. The molecule has 1 fully saturated rings. The first-order chi connectivity index (χ1) is 12.7. The number of nitrogens with zero attached hydrogens (tertiary/aromatic N) is 2. The standard InChI is InChI=1S/C21H24N2O3/c24-20-7-2-1-6-19(20)22-10-12-23(13-11-22)21(25)15-26-18-9-8-16-4-3-5-17(16)14-18/h1-2,6-9,14,24H,3-5,10-13,15H2. The summed E-state index contributed by atoms with van der Waals surface area (Å²) in [6.07, 6.45) is 3.46. The predicted molar refractivity (Wildman–Crippen MR) is 101 cm³/mol. The highest BCUT2D eigenvalue weighted by Crippen LogP contribution is 2.28. The van der Waals surface area contributed by atoms with Gasteiger partial charge in [-0.25, -0.2) is 0 Å². The summed E-state index contributed by atoms with van der Waals surface area (Å²) in [5.41, 5.74) is 3.59. The van der Waals surface area contributed by atoms with Crippen molar-refractivity contribution in [2.75, 3.05) is 37.7 Å². The van der Waals surface area contributed by atoms with Gasteiger partial charge in [-0.3, -0.25) is 4.79 Å². The molecular formula is C21H24N2O3. The first kappa shape index (κ1) is 16.8.